The molecule has 1 heterocycles. The lowest BCUT2D eigenvalue weighted by Crippen LogP contribution is -2.37. The molecule has 0 fully saturated rings. The van der Waals surface area contributed by atoms with Crippen LogP contribution in [0.1, 0.15) is 12.8 Å². The molecule has 0 amide bonds. The van der Waals surface area contributed by atoms with Crippen molar-refractivity contribution < 1.29 is 9.53 Å². The third kappa shape index (κ3) is 2.67. The van der Waals surface area contributed by atoms with Crippen molar-refractivity contribution in [3.05, 3.63) is 12.3 Å². The van der Waals surface area contributed by atoms with E-state index >= 15 is 0 Å². The zero-order valence-electron chi connectivity index (χ0n) is 8.86. The van der Waals surface area contributed by atoms with Crippen LogP contribution < -0.4 is 0 Å². The van der Waals surface area contributed by atoms with Crippen molar-refractivity contribution in [2.75, 3.05) is 21.2 Å². The van der Waals surface area contributed by atoms with Gasteiger partial charge in [-0.25, -0.2) is 0 Å². The molecule has 0 bridgehead atoms. The van der Waals surface area contributed by atoms with Gasteiger partial charge in [-0.3, -0.25) is 9.79 Å². The molecule has 0 aromatic carbocycles. The van der Waals surface area contributed by atoms with Crippen LogP contribution in [0.3, 0.4) is 0 Å². The molecule has 4 nitrogen and oxygen atoms in total. The highest BCUT2D eigenvalue weighted by Gasteiger charge is 2.21. The molecule has 1 rings (SSSR count). The minimum absolute atomic E-state index is 0.221. The van der Waals surface area contributed by atoms with Crippen LogP contribution in [0.2, 0.25) is 0 Å². The number of methoxy groups -OCH3 is 1. The summed E-state index contributed by atoms with van der Waals surface area (Å²) in [5.41, 5.74) is 0.879. The summed E-state index contributed by atoms with van der Waals surface area (Å²) in [6, 6.07) is 0.221. The molecule has 1 aliphatic heterocycles. The van der Waals surface area contributed by atoms with Gasteiger partial charge in [0.2, 0.25) is 0 Å². The van der Waals surface area contributed by atoms with Crippen molar-refractivity contribution in [3.63, 3.8) is 0 Å². The van der Waals surface area contributed by atoms with Crippen molar-refractivity contribution in [2.45, 2.75) is 18.9 Å². The third-order valence-electron chi connectivity index (χ3n) is 2.27. The molecule has 78 valence electrons. The summed E-state index contributed by atoms with van der Waals surface area (Å²) in [6.07, 6.45) is 4.94. The van der Waals surface area contributed by atoms with Gasteiger partial charge in [-0.2, -0.15) is 0 Å². The lowest BCUT2D eigenvalue weighted by Gasteiger charge is -2.25. The quantitative estimate of drug-likeness (QED) is 0.628. The fourth-order valence-electron chi connectivity index (χ4n) is 1.45. The lowest BCUT2D eigenvalue weighted by molar-refractivity contribution is -0.139. The molecule has 0 aliphatic carbocycles. The van der Waals surface area contributed by atoms with Gasteiger partial charge in [0.15, 0.2) is 0 Å². The highest BCUT2D eigenvalue weighted by molar-refractivity contribution is 6.02. The lowest BCUT2D eigenvalue weighted by atomic mass is 10.0. The highest BCUT2D eigenvalue weighted by atomic mass is 16.5. The van der Waals surface area contributed by atoms with Gasteiger partial charge in [0.05, 0.1) is 19.6 Å². The van der Waals surface area contributed by atoms with E-state index in [1.165, 1.54) is 7.11 Å². The Morgan fingerprint density at radius 3 is 3.00 bits per heavy atom. The van der Waals surface area contributed by atoms with E-state index in [4.69, 9.17) is 0 Å². The molecule has 0 spiro atoms. The molecular weight excluding hydrogens is 180 g/mol. The van der Waals surface area contributed by atoms with Gasteiger partial charge in [0.1, 0.15) is 0 Å². The highest BCUT2D eigenvalue weighted by Crippen LogP contribution is 2.12. The van der Waals surface area contributed by atoms with Crippen LogP contribution in [0.25, 0.3) is 0 Å². The zero-order valence-corrected chi connectivity index (χ0v) is 8.86. The minimum atomic E-state index is -0.231. The first kappa shape index (κ1) is 10.9. The SMILES string of the molecule is COC(=O)CC1=NC=CCC1N(C)C. The van der Waals surface area contributed by atoms with Crippen LogP contribution in [-0.2, 0) is 9.53 Å². The first-order chi connectivity index (χ1) is 6.65. The predicted molar refractivity (Wildman–Crippen MR) is 55.3 cm³/mol. The molecule has 0 aromatic rings. The molecule has 0 radical (unpaired) electrons. The number of carbonyl (C=O) groups excluding carboxylic acids is 1. The van der Waals surface area contributed by atoms with Crippen LogP contribution in [0, 0.1) is 0 Å². The van der Waals surface area contributed by atoms with Gasteiger partial charge >= 0.3 is 5.97 Å². The van der Waals surface area contributed by atoms with Crippen molar-refractivity contribution in [3.8, 4) is 0 Å². The van der Waals surface area contributed by atoms with Crippen LogP contribution in [-0.4, -0.2) is 43.8 Å². The van der Waals surface area contributed by atoms with E-state index in [9.17, 15) is 4.79 Å². The second kappa shape index (κ2) is 4.91. The number of carbonyl (C=O) groups is 1. The van der Waals surface area contributed by atoms with Gasteiger partial charge in [-0.1, -0.05) is 6.08 Å². The smallest absolute Gasteiger partial charge is 0.311 e. The average Bonchev–Trinajstić information content (AvgIpc) is 2.18. The van der Waals surface area contributed by atoms with E-state index in [1.807, 2.05) is 20.2 Å². The summed E-state index contributed by atoms with van der Waals surface area (Å²) in [6.45, 7) is 0. The van der Waals surface area contributed by atoms with Gasteiger partial charge < -0.3 is 9.64 Å². The van der Waals surface area contributed by atoms with Gasteiger partial charge in [0, 0.05) is 11.9 Å². The van der Waals surface area contributed by atoms with Crippen LogP contribution >= 0.6 is 0 Å². The molecule has 1 aliphatic rings. The van der Waals surface area contributed by atoms with Gasteiger partial charge in [-0.15, -0.1) is 0 Å². The molecular formula is C10H16N2O2. The van der Waals surface area contributed by atoms with Crippen LogP contribution in [0.5, 0.6) is 0 Å². The Kier molecular flexibility index (Phi) is 3.83. The number of ether oxygens (including phenoxy) is 1. The van der Waals surface area contributed by atoms with E-state index in [1.54, 1.807) is 6.20 Å². The van der Waals surface area contributed by atoms with Gasteiger partial charge in [-0.05, 0) is 20.5 Å². The standard InChI is InChI=1S/C10H16N2O2/c1-12(2)9-5-4-6-11-8(9)7-10(13)14-3/h4,6,9H,5,7H2,1-3H3. The third-order valence-corrected chi connectivity index (χ3v) is 2.27. The van der Waals surface area contributed by atoms with E-state index in [0.717, 1.165) is 12.1 Å². The van der Waals surface area contributed by atoms with Crippen molar-refractivity contribution in [1.82, 2.24) is 4.90 Å². The Balaban J connectivity index is 2.67. The number of hydrogen-bond acceptors (Lipinski definition) is 4. The molecule has 1 unspecified atom stereocenters. The Hall–Kier alpha value is -1.16. The van der Waals surface area contributed by atoms with Crippen molar-refractivity contribution >= 4 is 11.7 Å². The summed E-state index contributed by atoms with van der Waals surface area (Å²) < 4.78 is 4.62. The van der Waals surface area contributed by atoms with Crippen molar-refractivity contribution in [1.29, 1.82) is 0 Å². The maximum Gasteiger partial charge on any atom is 0.311 e. The molecule has 1 atom stereocenters. The summed E-state index contributed by atoms with van der Waals surface area (Å²) >= 11 is 0. The summed E-state index contributed by atoms with van der Waals surface area (Å²) in [5, 5.41) is 0. The molecule has 0 aromatic heterocycles. The maximum atomic E-state index is 11.1. The molecule has 0 saturated heterocycles. The zero-order chi connectivity index (χ0) is 10.6. The molecule has 0 N–H and O–H groups in total. The molecule has 14 heavy (non-hydrogen) atoms. The summed E-state index contributed by atoms with van der Waals surface area (Å²) in [4.78, 5) is 17.4. The molecule has 4 heteroatoms. The number of hydrogen-bond donors (Lipinski definition) is 0. The van der Waals surface area contributed by atoms with E-state index in [2.05, 4.69) is 14.6 Å². The number of nitrogens with zero attached hydrogens (tertiary/aromatic N) is 2. The molecule has 0 saturated carbocycles. The predicted octanol–water partition coefficient (Wildman–Crippen LogP) is 0.838. The second-order valence-electron chi connectivity index (χ2n) is 3.47. The Morgan fingerprint density at radius 2 is 2.43 bits per heavy atom. The Morgan fingerprint density at radius 1 is 1.71 bits per heavy atom. The largest absolute Gasteiger partial charge is 0.469 e. The first-order valence-corrected chi connectivity index (χ1v) is 4.60. The minimum Gasteiger partial charge on any atom is -0.469 e. The Bertz CT molecular complexity index is 269. The summed E-state index contributed by atoms with van der Waals surface area (Å²) in [5.74, 6) is -0.231. The fraction of sp³-hybridized carbons (Fsp3) is 0.600. The summed E-state index contributed by atoms with van der Waals surface area (Å²) in [7, 11) is 5.36. The van der Waals surface area contributed by atoms with E-state index < -0.39 is 0 Å². The Labute approximate surface area is 84.3 Å². The van der Waals surface area contributed by atoms with E-state index in [-0.39, 0.29) is 18.4 Å². The topological polar surface area (TPSA) is 41.9 Å². The number of esters is 1. The van der Waals surface area contributed by atoms with Crippen molar-refractivity contribution in [2.24, 2.45) is 4.99 Å². The first-order valence-electron chi connectivity index (χ1n) is 4.60. The van der Waals surface area contributed by atoms with Crippen LogP contribution in [0.4, 0.5) is 0 Å². The van der Waals surface area contributed by atoms with E-state index in [0.29, 0.717) is 0 Å². The maximum absolute atomic E-state index is 11.1. The normalized spacial score (nSPS) is 20.9. The second-order valence-corrected chi connectivity index (χ2v) is 3.47. The average molecular weight is 196 g/mol. The van der Waals surface area contributed by atoms with Crippen LogP contribution in [0.15, 0.2) is 17.3 Å². The number of aliphatic imine (C=N–C) groups is 1. The van der Waals surface area contributed by atoms with Gasteiger partial charge in [0.25, 0.3) is 0 Å². The fourth-order valence-corrected chi connectivity index (χ4v) is 1.45. The monoisotopic (exact) mass is 196 g/mol. The number of rotatable bonds is 3.